The Hall–Kier alpha value is -2.79. The Kier molecular flexibility index (Phi) is 4.82. The first-order valence-corrected chi connectivity index (χ1v) is 7.91. The average molecular weight is 342 g/mol. The summed E-state index contributed by atoms with van der Waals surface area (Å²) >= 11 is 5.94. The third-order valence-corrected chi connectivity index (χ3v) is 3.79. The molecule has 1 aromatic heterocycles. The van der Waals surface area contributed by atoms with E-state index in [1.807, 2.05) is 12.1 Å². The fraction of sp³-hybridized carbons (Fsp3) is 0.111. The predicted molar refractivity (Wildman–Crippen MR) is 94.4 cm³/mol. The fourth-order valence-corrected chi connectivity index (χ4v) is 2.55. The van der Waals surface area contributed by atoms with Gasteiger partial charge >= 0.3 is 0 Å². The van der Waals surface area contributed by atoms with Crippen molar-refractivity contribution >= 4 is 34.3 Å². The van der Waals surface area contributed by atoms with Gasteiger partial charge in [-0.1, -0.05) is 29.8 Å². The van der Waals surface area contributed by atoms with E-state index in [4.69, 9.17) is 11.6 Å². The summed E-state index contributed by atoms with van der Waals surface area (Å²) in [5.74, 6) is -0.388. The van der Waals surface area contributed by atoms with Crippen molar-refractivity contribution in [3.63, 3.8) is 0 Å². The molecule has 0 aliphatic carbocycles. The number of fused-ring (bicyclic) bond motifs is 1. The van der Waals surface area contributed by atoms with Crippen molar-refractivity contribution in [1.29, 1.82) is 0 Å². The van der Waals surface area contributed by atoms with Crippen molar-refractivity contribution < 1.29 is 9.59 Å². The second kappa shape index (κ2) is 7.19. The zero-order valence-electron chi connectivity index (χ0n) is 12.8. The molecule has 1 heterocycles. The van der Waals surface area contributed by atoms with E-state index >= 15 is 0 Å². The van der Waals surface area contributed by atoms with Crippen molar-refractivity contribution in [2.75, 3.05) is 13.1 Å². The number of hydrogen-bond acceptors (Lipinski definition) is 2. The molecule has 2 amide bonds. The van der Waals surface area contributed by atoms with E-state index in [0.29, 0.717) is 29.4 Å². The summed E-state index contributed by atoms with van der Waals surface area (Å²) in [4.78, 5) is 27.0. The maximum Gasteiger partial charge on any atom is 0.267 e. The number of aromatic amines is 1. The van der Waals surface area contributed by atoms with Gasteiger partial charge in [-0.2, -0.15) is 0 Å². The lowest BCUT2D eigenvalue weighted by Crippen LogP contribution is -2.34. The number of H-pyrrole nitrogens is 1. The van der Waals surface area contributed by atoms with E-state index < -0.39 is 0 Å². The molecule has 0 radical (unpaired) electrons. The van der Waals surface area contributed by atoms with Crippen LogP contribution in [0.5, 0.6) is 0 Å². The highest BCUT2D eigenvalue weighted by molar-refractivity contribution is 6.31. The molecule has 2 aromatic carbocycles. The highest BCUT2D eigenvalue weighted by Crippen LogP contribution is 2.19. The molecule has 0 saturated carbocycles. The van der Waals surface area contributed by atoms with Gasteiger partial charge in [0.1, 0.15) is 5.69 Å². The molecule has 3 aromatic rings. The van der Waals surface area contributed by atoms with E-state index in [0.717, 1.165) is 10.9 Å². The van der Waals surface area contributed by atoms with Gasteiger partial charge in [-0.25, -0.2) is 0 Å². The summed E-state index contributed by atoms with van der Waals surface area (Å²) in [5.41, 5.74) is 1.90. The quantitative estimate of drug-likeness (QED) is 0.624. The van der Waals surface area contributed by atoms with Crippen molar-refractivity contribution in [2.45, 2.75) is 0 Å². The monoisotopic (exact) mass is 341 g/mol. The summed E-state index contributed by atoms with van der Waals surface area (Å²) in [6, 6.07) is 16.1. The number of aromatic nitrogens is 1. The van der Waals surface area contributed by atoms with Crippen LogP contribution in [-0.2, 0) is 0 Å². The Labute approximate surface area is 144 Å². The number of carbonyl (C=O) groups excluding carboxylic acids is 2. The van der Waals surface area contributed by atoms with Crippen LogP contribution in [0, 0.1) is 0 Å². The first-order valence-electron chi connectivity index (χ1n) is 7.53. The summed E-state index contributed by atoms with van der Waals surface area (Å²) in [6.07, 6.45) is 0. The Morgan fingerprint density at radius 2 is 1.62 bits per heavy atom. The minimum Gasteiger partial charge on any atom is -0.351 e. The SMILES string of the molecule is O=C(NCCNC(=O)c1cc2cc(Cl)ccc2[nH]1)c1ccccc1. The van der Waals surface area contributed by atoms with Gasteiger partial charge in [0.15, 0.2) is 0 Å². The summed E-state index contributed by atoms with van der Waals surface area (Å²) in [7, 11) is 0. The highest BCUT2D eigenvalue weighted by Gasteiger charge is 2.09. The van der Waals surface area contributed by atoms with E-state index in [-0.39, 0.29) is 11.8 Å². The second-order valence-electron chi connectivity index (χ2n) is 5.29. The molecular formula is C18H16ClN3O2. The van der Waals surface area contributed by atoms with E-state index in [1.165, 1.54) is 0 Å². The fourth-order valence-electron chi connectivity index (χ4n) is 2.36. The molecule has 122 valence electrons. The molecule has 0 unspecified atom stereocenters. The van der Waals surface area contributed by atoms with Crippen LogP contribution < -0.4 is 10.6 Å². The maximum absolute atomic E-state index is 12.1. The third kappa shape index (κ3) is 3.75. The van der Waals surface area contributed by atoms with Gasteiger partial charge in [0, 0.05) is 34.6 Å². The van der Waals surface area contributed by atoms with Crippen LogP contribution in [0.3, 0.4) is 0 Å². The smallest absolute Gasteiger partial charge is 0.267 e. The van der Waals surface area contributed by atoms with Gasteiger partial charge in [0.05, 0.1) is 0 Å². The van der Waals surface area contributed by atoms with Gasteiger partial charge in [0.2, 0.25) is 0 Å². The molecule has 0 bridgehead atoms. The Morgan fingerprint density at radius 1 is 0.917 bits per heavy atom. The number of carbonyl (C=O) groups is 2. The third-order valence-electron chi connectivity index (χ3n) is 3.56. The normalized spacial score (nSPS) is 10.5. The standard InChI is InChI=1S/C18H16ClN3O2/c19-14-6-7-15-13(10-14)11-16(22-15)18(24)21-9-8-20-17(23)12-4-2-1-3-5-12/h1-7,10-11,22H,8-9H2,(H,20,23)(H,21,24). The van der Waals surface area contributed by atoms with Crippen LogP contribution in [0.2, 0.25) is 5.02 Å². The lowest BCUT2D eigenvalue weighted by Gasteiger charge is -2.06. The molecule has 0 spiro atoms. The number of hydrogen-bond donors (Lipinski definition) is 3. The molecule has 0 saturated heterocycles. The van der Waals surface area contributed by atoms with Crippen molar-refractivity contribution in [2.24, 2.45) is 0 Å². The second-order valence-corrected chi connectivity index (χ2v) is 5.73. The molecule has 0 aliphatic heterocycles. The van der Waals surface area contributed by atoms with Gasteiger partial charge in [0.25, 0.3) is 11.8 Å². The van der Waals surface area contributed by atoms with E-state index in [2.05, 4.69) is 15.6 Å². The number of rotatable bonds is 5. The average Bonchev–Trinajstić information content (AvgIpc) is 3.02. The first-order chi connectivity index (χ1) is 11.6. The molecule has 0 fully saturated rings. The molecule has 5 nitrogen and oxygen atoms in total. The van der Waals surface area contributed by atoms with Crippen LogP contribution in [0.4, 0.5) is 0 Å². The molecule has 24 heavy (non-hydrogen) atoms. The Bertz CT molecular complexity index is 874. The molecule has 0 aliphatic rings. The van der Waals surface area contributed by atoms with E-state index in [1.54, 1.807) is 42.5 Å². The molecule has 6 heteroatoms. The predicted octanol–water partition coefficient (Wildman–Crippen LogP) is 2.98. The van der Waals surface area contributed by atoms with Gasteiger partial charge < -0.3 is 15.6 Å². The van der Waals surface area contributed by atoms with Crippen molar-refractivity contribution in [1.82, 2.24) is 15.6 Å². The molecular weight excluding hydrogens is 326 g/mol. The van der Waals surface area contributed by atoms with Gasteiger partial charge in [-0.05, 0) is 36.4 Å². The lowest BCUT2D eigenvalue weighted by molar-refractivity contribution is 0.0925. The minimum absolute atomic E-state index is 0.162. The Morgan fingerprint density at radius 3 is 2.38 bits per heavy atom. The lowest BCUT2D eigenvalue weighted by atomic mass is 10.2. The minimum atomic E-state index is -0.226. The number of benzene rings is 2. The summed E-state index contributed by atoms with van der Waals surface area (Å²) in [5, 5.41) is 7.02. The maximum atomic E-state index is 12.1. The molecule has 3 rings (SSSR count). The van der Waals surface area contributed by atoms with Crippen molar-refractivity contribution in [3.8, 4) is 0 Å². The van der Waals surface area contributed by atoms with Gasteiger partial charge in [-0.3, -0.25) is 9.59 Å². The number of amides is 2. The number of nitrogens with one attached hydrogen (secondary N) is 3. The highest BCUT2D eigenvalue weighted by atomic mass is 35.5. The zero-order valence-corrected chi connectivity index (χ0v) is 13.6. The molecule has 0 atom stereocenters. The first kappa shape index (κ1) is 16.1. The van der Waals surface area contributed by atoms with Crippen LogP contribution in [0.15, 0.2) is 54.6 Å². The largest absolute Gasteiger partial charge is 0.351 e. The van der Waals surface area contributed by atoms with Crippen LogP contribution in [-0.4, -0.2) is 29.9 Å². The Balaban J connectivity index is 1.51. The summed E-state index contributed by atoms with van der Waals surface area (Å²) < 4.78 is 0. The van der Waals surface area contributed by atoms with Crippen LogP contribution in [0.25, 0.3) is 10.9 Å². The van der Waals surface area contributed by atoms with Crippen LogP contribution in [0.1, 0.15) is 20.8 Å². The van der Waals surface area contributed by atoms with Crippen molar-refractivity contribution in [3.05, 3.63) is 70.9 Å². The number of halogens is 1. The molecule has 3 N–H and O–H groups in total. The van der Waals surface area contributed by atoms with Gasteiger partial charge in [-0.15, -0.1) is 0 Å². The van der Waals surface area contributed by atoms with Crippen LogP contribution >= 0.6 is 11.6 Å². The zero-order chi connectivity index (χ0) is 16.9. The topological polar surface area (TPSA) is 74.0 Å². The summed E-state index contributed by atoms with van der Waals surface area (Å²) in [6.45, 7) is 0.694. The van der Waals surface area contributed by atoms with E-state index in [9.17, 15) is 9.59 Å².